The molecule has 1 aliphatic heterocycles. The average molecular weight is 651 g/mol. The second-order valence-electron chi connectivity index (χ2n) is 11.4. The van der Waals surface area contributed by atoms with E-state index < -0.39 is 6.04 Å². The first-order chi connectivity index (χ1) is 22.7. The molecule has 1 amide bonds. The van der Waals surface area contributed by atoms with Gasteiger partial charge in [-0.2, -0.15) is 0 Å². The Hall–Kier alpha value is -4.96. The minimum atomic E-state index is -0.770. The smallest absolute Gasteiger partial charge is 0.325 e. The lowest BCUT2D eigenvalue weighted by Gasteiger charge is -2.30. The molecule has 0 aliphatic carbocycles. The number of esters is 1. The van der Waals surface area contributed by atoms with Gasteiger partial charge in [0.25, 0.3) is 11.5 Å². The number of methoxy groups -OCH3 is 1. The van der Waals surface area contributed by atoms with Gasteiger partial charge >= 0.3 is 5.97 Å². The van der Waals surface area contributed by atoms with Gasteiger partial charge in [-0.3, -0.25) is 19.0 Å². The zero-order valence-corrected chi connectivity index (χ0v) is 28.3. The van der Waals surface area contributed by atoms with Crippen molar-refractivity contribution in [3.8, 4) is 5.75 Å². The molecule has 9 nitrogen and oxygen atoms in total. The molecule has 0 unspecified atom stereocenters. The first kappa shape index (κ1) is 32.0. The van der Waals surface area contributed by atoms with E-state index in [-0.39, 0.29) is 24.0 Å². The van der Waals surface area contributed by atoms with Crippen LogP contribution in [0.3, 0.4) is 0 Å². The highest BCUT2D eigenvalue weighted by Gasteiger charge is 2.36. The van der Waals surface area contributed by atoms with Crippen molar-refractivity contribution in [1.29, 1.82) is 0 Å². The summed E-state index contributed by atoms with van der Waals surface area (Å²) >= 11 is 1.29. The predicted molar refractivity (Wildman–Crippen MR) is 186 cm³/mol. The average Bonchev–Trinajstić information content (AvgIpc) is 3.52. The molecule has 0 saturated heterocycles. The summed E-state index contributed by atoms with van der Waals surface area (Å²) in [7, 11) is 1.61. The molecular weight excluding hydrogens is 612 g/mol. The summed E-state index contributed by atoms with van der Waals surface area (Å²) < 4.78 is 15.2. The van der Waals surface area contributed by atoms with E-state index in [0.717, 1.165) is 38.5 Å². The maximum Gasteiger partial charge on any atom is 0.325 e. The van der Waals surface area contributed by atoms with Crippen LogP contribution in [-0.2, 0) is 20.9 Å². The van der Waals surface area contributed by atoms with Crippen LogP contribution in [-0.4, -0.2) is 52.7 Å². The van der Waals surface area contributed by atoms with Crippen molar-refractivity contribution in [1.82, 2.24) is 14.0 Å². The van der Waals surface area contributed by atoms with Crippen molar-refractivity contribution in [2.45, 2.75) is 47.2 Å². The number of thiazole rings is 1. The molecule has 242 valence electrons. The van der Waals surface area contributed by atoms with E-state index in [9.17, 15) is 14.4 Å². The highest BCUT2D eigenvalue weighted by Crippen LogP contribution is 2.40. The number of benzene rings is 3. The molecule has 47 heavy (non-hydrogen) atoms. The zero-order chi connectivity index (χ0) is 33.4. The van der Waals surface area contributed by atoms with E-state index in [1.54, 1.807) is 23.5 Å². The van der Waals surface area contributed by atoms with Crippen LogP contribution in [0.15, 0.2) is 81.7 Å². The normalized spacial score (nSPS) is 14.8. The fraction of sp³-hybridized carbons (Fsp3) is 0.297. The van der Waals surface area contributed by atoms with Crippen molar-refractivity contribution >= 4 is 51.0 Å². The molecule has 3 aromatic carbocycles. The Balaban J connectivity index is 1.64. The number of aromatic nitrogens is 2. The molecule has 5 aromatic rings. The second-order valence-corrected chi connectivity index (χ2v) is 12.4. The van der Waals surface area contributed by atoms with Gasteiger partial charge in [0, 0.05) is 40.8 Å². The highest BCUT2D eigenvalue weighted by atomic mass is 32.1. The second kappa shape index (κ2) is 13.0. The van der Waals surface area contributed by atoms with Crippen molar-refractivity contribution in [3.63, 3.8) is 0 Å². The van der Waals surface area contributed by atoms with Crippen LogP contribution in [0.4, 0.5) is 0 Å². The topological polar surface area (TPSA) is 95.1 Å². The number of carbonyl (C=O) groups excluding carboxylic acids is 2. The van der Waals surface area contributed by atoms with E-state index in [0.29, 0.717) is 46.0 Å². The van der Waals surface area contributed by atoms with Gasteiger partial charge in [0.05, 0.1) is 29.5 Å². The molecule has 0 radical (unpaired) electrons. The Kier molecular flexibility index (Phi) is 8.88. The fourth-order valence-electron chi connectivity index (χ4n) is 6.60. The molecule has 0 fully saturated rings. The predicted octanol–water partition coefficient (Wildman–Crippen LogP) is 5.09. The van der Waals surface area contributed by atoms with Crippen LogP contribution in [0.1, 0.15) is 50.6 Å². The number of carbonyl (C=O) groups is 2. The molecule has 0 spiro atoms. The first-order valence-corrected chi connectivity index (χ1v) is 16.7. The van der Waals surface area contributed by atoms with E-state index in [1.807, 2.05) is 99.0 Å². The van der Waals surface area contributed by atoms with Crippen LogP contribution in [0, 0.1) is 6.92 Å². The van der Waals surface area contributed by atoms with Gasteiger partial charge in [0.1, 0.15) is 18.3 Å². The third-order valence-corrected chi connectivity index (χ3v) is 9.86. The summed E-state index contributed by atoms with van der Waals surface area (Å²) in [5.41, 5.74) is 4.05. The number of hydrogen-bond acceptors (Lipinski definition) is 7. The van der Waals surface area contributed by atoms with Crippen molar-refractivity contribution in [2.75, 3.05) is 26.8 Å². The van der Waals surface area contributed by atoms with Crippen molar-refractivity contribution in [2.24, 2.45) is 4.99 Å². The Labute approximate surface area is 276 Å². The Bertz CT molecular complexity index is 2250. The molecule has 0 N–H and O–H groups in total. The molecule has 10 heteroatoms. The summed E-state index contributed by atoms with van der Waals surface area (Å²) in [6, 6.07) is 18.9. The minimum Gasteiger partial charge on any atom is -0.496 e. The lowest BCUT2D eigenvalue weighted by molar-refractivity contribution is -0.143. The maximum absolute atomic E-state index is 14.7. The van der Waals surface area contributed by atoms with Crippen LogP contribution >= 0.6 is 11.3 Å². The van der Waals surface area contributed by atoms with E-state index in [2.05, 4.69) is 0 Å². The molecule has 1 atom stereocenters. The number of nitrogens with zero attached hydrogens (tertiary/aromatic N) is 4. The van der Waals surface area contributed by atoms with Gasteiger partial charge in [-0.05, 0) is 63.6 Å². The minimum absolute atomic E-state index is 0.0617. The monoisotopic (exact) mass is 650 g/mol. The lowest BCUT2D eigenvalue weighted by atomic mass is 9.90. The molecule has 2 aromatic heterocycles. The highest BCUT2D eigenvalue weighted by molar-refractivity contribution is 7.07. The van der Waals surface area contributed by atoms with Gasteiger partial charge in [-0.25, -0.2) is 4.99 Å². The Morgan fingerprint density at radius 3 is 2.38 bits per heavy atom. The van der Waals surface area contributed by atoms with E-state index >= 15 is 0 Å². The summed E-state index contributed by atoms with van der Waals surface area (Å²) in [5, 5.41) is 2.78. The van der Waals surface area contributed by atoms with Gasteiger partial charge in [-0.15, -0.1) is 0 Å². The van der Waals surface area contributed by atoms with Gasteiger partial charge in [0.2, 0.25) is 0 Å². The van der Waals surface area contributed by atoms with Crippen LogP contribution in [0.25, 0.3) is 27.8 Å². The van der Waals surface area contributed by atoms with Crippen molar-refractivity contribution < 1.29 is 19.1 Å². The van der Waals surface area contributed by atoms with E-state index in [4.69, 9.17) is 14.5 Å². The number of para-hydroxylation sites is 1. The number of amides is 1. The summed E-state index contributed by atoms with van der Waals surface area (Å²) in [6.45, 7) is 10.9. The standard InChI is InChI=1S/C37H38N4O5S/c1-7-39(8-2)36(44)32-22(4)38-37-41(34(32)33-25-15-11-10-14-24(25)18-19-29(33)45-6)35(43)30(47-37)20-27-23(5)40(21-31(42)46-9-3)28-17-13-12-16-26(27)28/h10-20,34H,7-9,21H2,1-6H3/b30-20+/t34-/m1/s1. The quantitative estimate of drug-likeness (QED) is 0.207. The van der Waals surface area contributed by atoms with Gasteiger partial charge in [0.15, 0.2) is 4.80 Å². The number of likely N-dealkylation sites (N-methyl/N-ethyl adjacent to an activating group) is 1. The number of rotatable bonds is 9. The lowest BCUT2D eigenvalue weighted by Crippen LogP contribution is -2.43. The molecule has 6 rings (SSSR count). The summed E-state index contributed by atoms with van der Waals surface area (Å²) in [6.07, 6.45) is 1.88. The third kappa shape index (κ3) is 5.46. The van der Waals surface area contributed by atoms with Gasteiger partial charge < -0.3 is 18.9 Å². The van der Waals surface area contributed by atoms with Crippen LogP contribution in [0.5, 0.6) is 5.75 Å². The first-order valence-electron chi connectivity index (χ1n) is 15.8. The van der Waals surface area contributed by atoms with Crippen LogP contribution < -0.4 is 19.6 Å². The largest absolute Gasteiger partial charge is 0.496 e. The Morgan fingerprint density at radius 2 is 1.68 bits per heavy atom. The molecule has 3 heterocycles. The number of allylic oxidation sites excluding steroid dienone is 1. The number of hydrogen-bond donors (Lipinski definition) is 0. The van der Waals surface area contributed by atoms with E-state index in [1.165, 1.54) is 11.3 Å². The SMILES string of the molecule is CCOC(=O)Cn1c(C)c(/C=c2/sc3n(c2=O)[C@@H](c2c(OC)ccc4ccccc24)C(C(=O)N(CC)CC)=C(C)N=3)c2ccccc21. The zero-order valence-electron chi connectivity index (χ0n) is 27.5. The molecule has 0 saturated carbocycles. The number of ether oxygens (including phenoxy) is 2. The third-order valence-electron chi connectivity index (χ3n) is 8.87. The van der Waals surface area contributed by atoms with Crippen molar-refractivity contribution in [3.05, 3.63) is 108 Å². The molecule has 1 aliphatic rings. The summed E-state index contributed by atoms with van der Waals surface area (Å²) in [4.78, 5) is 48.6. The number of fused-ring (bicyclic) bond motifs is 3. The summed E-state index contributed by atoms with van der Waals surface area (Å²) in [5.74, 6) is 0.0938. The maximum atomic E-state index is 14.7. The van der Waals surface area contributed by atoms with Crippen LogP contribution in [0.2, 0.25) is 0 Å². The van der Waals surface area contributed by atoms with Gasteiger partial charge in [-0.1, -0.05) is 59.9 Å². The molecular formula is C37H38N4O5S. The molecule has 0 bridgehead atoms. The fourth-order valence-corrected chi connectivity index (χ4v) is 7.62. The Morgan fingerprint density at radius 1 is 0.979 bits per heavy atom.